The number of ketones is 1. The molecule has 0 saturated carbocycles. The molecular weight excluding hydrogens is 809 g/mol. The first kappa shape index (κ1) is 48.3. The molecule has 0 saturated heterocycles. The summed E-state index contributed by atoms with van der Waals surface area (Å²) >= 11 is 0. The molecule has 58 heavy (non-hydrogen) atoms. The molecule has 0 aliphatic carbocycles. The molecule has 3 atom stereocenters. The van der Waals surface area contributed by atoms with Gasteiger partial charge in [-0.3, -0.25) is 19.2 Å². The van der Waals surface area contributed by atoms with Crippen molar-refractivity contribution < 1.29 is 82.1 Å². The average Bonchev–Trinajstić information content (AvgIpc) is 3.14. The second kappa shape index (κ2) is 19.6. The molecule has 0 heterocycles. The van der Waals surface area contributed by atoms with E-state index in [1.54, 1.807) is 5.32 Å². The van der Waals surface area contributed by atoms with Gasteiger partial charge in [-0.2, -0.15) is 48.3 Å². The van der Waals surface area contributed by atoms with Crippen LogP contribution in [0.25, 0.3) is 0 Å². The van der Waals surface area contributed by atoms with Crippen LogP contribution in [0.5, 0.6) is 5.75 Å². The number of aliphatic carboxylic acids is 1. The molecule has 6 N–H and O–H groups in total. The van der Waals surface area contributed by atoms with Crippen molar-refractivity contribution >= 4 is 29.5 Å². The Balaban J connectivity index is 0.00000151. The van der Waals surface area contributed by atoms with Crippen LogP contribution in [0.15, 0.2) is 72.8 Å². The van der Waals surface area contributed by atoms with E-state index in [0.29, 0.717) is 17.7 Å². The summed E-state index contributed by atoms with van der Waals surface area (Å²) in [5.74, 6) is -15.6. The standard InChI is InChI=1S/C34H34F8N4O5.C2HF3O2/c1-18(2)26(28(47)34(40,41)42)45-30(49)27(21-12-14-22(51-3)15-13-21)46-29(48)25(16-19-8-10-20(17-43)11-9-19)44-31(50)32(35,36)23-6-4-5-7-24(23)33(37,38)39;3-2(4,5)1(6)7/h4-15,18,25-27H,16-17,43H2,1-3H3,(H,44,50)(H,45,49)(H,46,48);(H,6,7). The maximum absolute atomic E-state index is 15.5. The number of carboxylic acid groups (broad SMARTS) is 1. The fraction of sp³-hybridized carbons (Fsp3) is 0.361. The van der Waals surface area contributed by atoms with Crippen molar-refractivity contribution in [1.29, 1.82) is 0 Å². The van der Waals surface area contributed by atoms with Crippen LogP contribution in [0.4, 0.5) is 48.3 Å². The summed E-state index contributed by atoms with van der Waals surface area (Å²) in [5.41, 5.74) is 2.93. The van der Waals surface area contributed by atoms with Gasteiger partial charge < -0.3 is 31.5 Å². The van der Waals surface area contributed by atoms with E-state index >= 15 is 8.78 Å². The summed E-state index contributed by atoms with van der Waals surface area (Å²) in [4.78, 5) is 61.4. The van der Waals surface area contributed by atoms with E-state index in [2.05, 4.69) is 5.32 Å². The van der Waals surface area contributed by atoms with Gasteiger partial charge >= 0.3 is 30.4 Å². The number of carbonyl (C=O) groups excluding carboxylic acids is 4. The molecular formula is C36H35F11N4O7. The van der Waals surface area contributed by atoms with E-state index in [1.807, 2.05) is 5.32 Å². The minimum absolute atomic E-state index is 0.0644. The summed E-state index contributed by atoms with van der Waals surface area (Å²) in [6.07, 6.45) is -16.2. The summed E-state index contributed by atoms with van der Waals surface area (Å²) in [7, 11) is 1.31. The quantitative estimate of drug-likeness (QED) is 0.127. The van der Waals surface area contributed by atoms with Crippen LogP contribution in [0.2, 0.25) is 0 Å². The molecule has 0 spiro atoms. The molecule has 3 rings (SSSR count). The van der Waals surface area contributed by atoms with E-state index in [0.717, 1.165) is 12.1 Å². The number of methoxy groups -OCH3 is 1. The van der Waals surface area contributed by atoms with Crippen molar-refractivity contribution in [1.82, 2.24) is 16.0 Å². The predicted molar refractivity (Wildman–Crippen MR) is 181 cm³/mol. The maximum atomic E-state index is 15.5. The first-order valence-electron chi connectivity index (χ1n) is 16.4. The maximum Gasteiger partial charge on any atom is 0.490 e. The average molecular weight is 845 g/mol. The Kier molecular flexibility index (Phi) is 16.3. The SMILES string of the molecule is COc1ccc(C(NC(=O)C(Cc2ccc(CN)cc2)NC(=O)C(F)(F)c2ccccc2C(F)(F)F)C(=O)NC(C(=O)C(F)(F)F)C(C)C)cc1.O=C(O)C(F)(F)F. The number of hydrogen-bond acceptors (Lipinski definition) is 7. The minimum Gasteiger partial charge on any atom is -0.497 e. The van der Waals surface area contributed by atoms with Crippen molar-refractivity contribution in [3.63, 3.8) is 0 Å². The highest BCUT2D eigenvalue weighted by Gasteiger charge is 2.49. The van der Waals surface area contributed by atoms with Crippen LogP contribution in [0.1, 0.15) is 47.7 Å². The molecule has 22 heteroatoms. The van der Waals surface area contributed by atoms with Gasteiger partial charge in [-0.15, -0.1) is 0 Å². The molecule has 11 nitrogen and oxygen atoms in total. The third-order valence-electron chi connectivity index (χ3n) is 7.94. The number of Topliss-reactive ketones (excluding diaryl/α,β-unsaturated/α-hetero) is 1. The van der Waals surface area contributed by atoms with E-state index in [-0.39, 0.29) is 23.4 Å². The first-order chi connectivity index (χ1) is 26.6. The van der Waals surface area contributed by atoms with Gasteiger partial charge in [0.25, 0.3) is 11.7 Å². The molecule has 0 bridgehead atoms. The number of nitrogens with two attached hydrogens (primary N) is 1. The van der Waals surface area contributed by atoms with Gasteiger partial charge in [-0.05, 0) is 40.8 Å². The van der Waals surface area contributed by atoms with Crippen LogP contribution in [0.3, 0.4) is 0 Å². The normalized spacial score (nSPS) is 13.6. The van der Waals surface area contributed by atoms with E-state index < -0.39 is 95.5 Å². The number of carboxylic acids is 1. The van der Waals surface area contributed by atoms with Crippen molar-refractivity contribution in [3.05, 3.63) is 101 Å². The molecule has 0 aliphatic heterocycles. The van der Waals surface area contributed by atoms with Gasteiger partial charge in [0.15, 0.2) is 0 Å². The number of nitrogens with one attached hydrogen (secondary N) is 3. The predicted octanol–water partition coefficient (Wildman–Crippen LogP) is 5.76. The second-order valence-corrected chi connectivity index (χ2v) is 12.5. The molecule has 0 aromatic heterocycles. The highest BCUT2D eigenvalue weighted by Crippen LogP contribution is 2.39. The lowest BCUT2D eigenvalue weighted by Crippen LogP contribution is -2.56. The Morgan fingerprint density at radius 2 is 1.19 bits per heavy atom. The summed E-state index contributed by atoms with van der Waals surface area (Å²) in [5, 5.41) is 13.1. The lowest BCUT2D eigenvalue weighted by atomic mass is 9.97. The van der Waals surface area contributed by atoms with Crippen molar-refractivity contribution in [3.8, 4) is 5.75 Å². The molecule has 3 aromatic rings. The Labute approximate surface area is 322 Å². The fourth-order valence-corrected chi connectivity index (χ4v) is 4.92. The van der Waals surface area contributed by atoms with Crippen molar-refractivity contribution in [2.45, 2.75) is 69.4 Å². The zero-order valence-electron chi connectivity index (χ0n) is 30.3. The Morgan fingerprint density at radius 1 is 0.690 bits per heavy atom. The highest BCUT2D eigenvalue weighted by molar-refractivity contribution is 5.97. The number of amides is 3. The van der Waals surface area contributed by atoms with Crippen molar-refractivity contribution in [2.24, 2.45) is 11.7 Å². The Bertz CT molecular complexity index is 1900. The lowest BCUT2D eigenvalue weighted by molar-refractivity contribution is -0.192. The number of carbonyl (C=O) groups is 5. The van der Waals surface area contributed by atoms with Crippen LogP contribution in [0, 0.1) is 5.92 Å². The summed E-state index contributed by atoms with van der Waals surface area (Å²) in [6, 6.07) is 7.59. The van der Waals surface area contributed by atoms with Crippen molar-refractivity contribution in [2.75, 3.05) is 7.11 Å². The minimum atomic E-state index is -5.34. The smallest absolute Gasteiger partial charge is 0.490 e. The van der Waals surface area contributed by atoms with Crippen LogP contribution in [-0.4, -0.2) is 66.1 Å². The molecule has 0 fully saturated rings. The number of alkyl halides is 11. The van der Waals surface area contributed by atoms with Gasteiger partial charge in [0.2, 0.25) is 11.8 Å². The van der Waals surface area contributed by atoms with Gasteiger partial charge in [0, 0.05) is 18.5 Å². The zero-order chi connectivity index (χ0) is 44.4. The van der Waals surface area contributed by atoms with E-state index in [9.17, 15) is 58.7 Å². The van der Waals surface area contributed by atoms with Gasteiger partial charge in [0.1, 0.15) is 17.8 Å². The third-order valence-corrected chi connectivity index (χ3v) is 7.94. The zero-order valence-corrected chi connectivity index (χ0v) is 30.3. The topological polar surface area (TPSA) is 177 Å². The molecule has 0 radical (unpaired) electrons. The number of benzene rings is 3. The molecule has 3 aromatic carbocycles. The lowest BCUT2D eigenvalue weighted by Gasteiger charge is -2.28. The third kappa shape index (κ3) is 13.4. The van der Waals surface area contributed by atoms with Crippen LogP contribution >= 0.6 is 0 Å². The van der Waals surface area contributed by atoms with Gasteiger partial charge in [-0.1, -0.05) is 68.4 Å². The number of hydrogen-bond donors (Lipinski definition) is 5. The van der Waals surface area contributed by atoms with Crippen LogP contribution < -0.4 is 26.4 Å². The number of ether oxygens (including phenoxy) is 1. The Morgan fingerprint density at radius 3 is 1.62 bits per heavy atom. The molecule has 3 unspecified atom stereocenters. The summed E-state index contributed by atoms with van der Waals surface area (Å²) < 4.78 is 149. The highest BCUT2D eigenvalue weighted by atomic mass is 19.4. The molecule has 3 amide bonds. The number of halogens is 11. The largest absolute Gasteiger partial charge is 0.497 e. The monoisotopic (exact) mass is 844 g/mol. The van der Waals surface area contributed by atoms with Crippen LogP contribution in [-0.2, 0) is 49.0 Å². The summed E-state index contributed by atoms with van der Waals surface area (Å²) in [6.45, 7) is 2.57. The molecule has 318 valence electrons. The first-order valence-corrected chi connectivity index (χ1v) is 16.4. The van der Waals surface area contributed by atoms with E-state index in [4.69, 9.17) is 20.4 Å². The second-order valence-electron chi connectivity index (χ2n) is 12.5. The van der Waals surface area contributed by atoms with Gasteiger partial charge in [0.05, 0.1) is 18.7 Å². The Hall–Kier alpha value is -5.80. The molecule has 0 aliphatic rings. The van der Waals surface area contributed by atoms with Gasteiger partial charge in [-0.25, -0.2) is 4.79 Å². The number of rotatable bonds is 14. The van der Waals surface area contributed by atoms with E-state index in [1.165, 1.54) is 69.5 Å². The fourth-order valence-electron chi connectivity index (χ4n) is 4.92.